The van der Waals surface area contributed by atoms with Gasteiger partial charge in [-0.1, -0.05) is 30.7 Å². The molecule has 3 aliphatic rings. The summed E-state index contributed by atoms with van der Waals surface area (Å²) in [4.78, 5) is 0. The van der Waals surface area contributed by atoms with Crippen molar-refractivity contribution in [2.24, 2.45) is 11.3 Å². The number of hydrogen-bond acceptors (Lipinski definition) is 2. The maximum atomic E-state index is 10.4. The Kier molecular flexibility index (Phi) is 2.80. The van der Waals surface area contributed by atoms with Gasteiger partial charge >= 0.3 is 0 Å². The molecule has 0 aromatic heterocycles. The van der Waals surface area contributed by atoms with Crippen molar-refractivity contribution in [3.05, 3.63) is 46.5 Å². The minimum atomic E-state index is -0.153. The van der Waals surface area contributed by atoms with Gasteiger partial charge < -0.3 is 10.2 Å². The van der Waals surface area contributed by atoms with Gasteiger partial charge in [0.2, 0.25) is 0 Å². The van der Waals surface area contributed by atoms with Crippen LogP contribution in [0.5, 0.6) is 5.75 Å². The third kappa shape index (κ3) is 1.89. The van der Waals surface area contributed by atoms with Gasteiger partial charge in [0.1, 0.15) is 5.75 Å². The summed E-state index contributed by atoms with van der Waals surface area (Å²) < 4.78 is 0. The van der Waals surface area contributed by atoms with Crippen LogP contribution in [0.1, 0.15) is 43.7 Å². The minimum Gasteiger partial charge on any atom is -0.508 e. The van der Waals surface area contributed by atoms with Gasteiger partial charge in [0.05, 0.1) is 6.10 Å². The van der Waals surface area contributed by atoms with E-state index in [1.807, 2.05) is 12.1 Å². The summed E-state index contributed by atoms with van der Waals surface area (Å²) in [6.45, 7) is 2.26. The quantitative estimate of drug-likeness (QED) is 0.759. The first-order valence-corrected chi connectivity index (χ1v) is 7.98. The molecule has 0 spiro atoms. The second kappa shape index (κ2) is 4.48. The first-order valence-electron chi connectivity index (χ1n) is 7.98. The van der Waals surface area contributed by atoms with Crippen LogP contribution in [0.4, 0.5) is 0 Å². The van der Waals surface area contributed by atoms with Gasteiger partial charge in [-0.15, -0.1) is 0 Å². The molecule has 110 valence electrons. The number of aliphatic hydroxyl groups excluding tert-OH is 1. The molecule has 3 aliphatic carbocycles. The van der Waals surface area contributed by atoms with Gasteiger partial charge in [0.25, 0.3) is 0 Å². The Morgan fingerprint density at radius 1 is 1.19 bits per heavy atom. The highest BCUT2D eigenvalue weighted by Crippen LogP contribution is 2.55. The summed E-state index contributed by atoms with van der Waals surface area (Å²) in [6, 6.07) is 5.66. The van der Waals surface area contributed by atoms with Crippen LogP contribution in [0, 0.1) is 11.3 Å². The second-order valence-electron chi connectivity index (χ2n) is 7.10. The van der Waals surface area contributed by atoms with Gasteiger partial charge in [-0.3, -0.25) is 0 Å². The average molecular weight is 282 g/mol. The SMILES string of the molecule is C[C@]12CCC3=C(C=Cc4ccc(O)cc4C3)[C@@H]1CC[C@@H]2O. The van der Waals surface area contributed by atoms with Crippen LogP contribution in [-0.2, 0) is 6.42 Å². The number of phenolic OH excluding ortho intramolecular Hbond substituents is 1. The van der Waals surface area contributed by atoms with Crippen molar-refractivity contribution in [2.45, 2.75) is 45.1 Å². The molecule has 1 aromatic carbocycles. The fourth-order valence-electron chi connectivity index (χ4n) is 4.62. The molecule has 1 saturated carbocycles. The summed E-state index contributed by atoms with van der Waals surface area (Å²) >= 11 is 0. The smallest absolute Gasteiger partial charge is 0.115 e. The lowest BCUT2D eigenvalue weighted by atomic mass is 9.65. The van der Waals surface area contributed by atoms with Crippen molar-refractivity contribution in [2.75, 3.05) is 0 Å². The van der Waals surface area contributed by atoms with Crippen molar-refractivity contribution in [3.63, 3.8) is 0 Å². The van der Waals surface area contributed by atoms with Crippen LogP contribution in [0.25, 0.3) is 6.08 Å². The number of rotatable bonds is 0. The first kappa shape index (κ1) is 13.1. The number of aromatic hydroxyl groups is 1. The lowest BCUT2D eigenvalue weighted by Gasteiger charge is -2.40. The zero-order valence-corrected chi connectivity index (χ0v) is 12.5. The molecule has 0 radical (unpaired) electrons. The highest BCUT2D eigenvalue weighted by Gasteiger charge is 2.49. The van der Waals surface area contributed by atoms with E-state index in [-0.39, 0.29) is 11.5 Å². The summed E-state index contributed by atoms with van der Waals surface area (Å²) in [6.07, 6.45) is 9.43. The first-order chi connectivity index (χ1) is 10.1. The molecule has 21 heavy (non-hydrogen) atoms. The molecule has 0 amide bonds. The largest absolute Gasteiger partial charge is 0.508 e. The van der Waals surface area contributed by atoms with Gasteiger partial charge in [-0.25, -0.2) is 0 Å². The van der Waals surface area contributed by atoms with E-state index in [2.05, 4.69) is 19.1 Å². The number of allylic oxidation sites excluding steroid dienone is 3. The molecular formula is C19H22O2. The lowest BCUT2D eigenvalue weighted by molar-refractivity contribution is 0.0371. The van der Waals surface area contributed by atoms with Crippen LogP contribution in [0.15, 0.2) is 35.4 Å². The second-order valence-corrected chi connectivity index (χ2v) is 7.10. The zero-order chi connectivity index (χ0) is 14.6. The van der Waals surface area contributed by atoms with E-state index < -0.39 is 0 Å². The average Bonchev–Trinajstić information content (AvgIpc) is 2.66. The highest BCUT2D eigenvalue weighted by atomic mass is 16.3. The Morgan fingerprint density at radius 3 is 2.90 bits per heavy atom. The molecule has 0 unspecified atom stereocenters. The summed E-state index contributed by atoms with van der Waals surface area (Å²) in [5.41, 5.74) is 5.45. The number of aliphatic hydroxyl groups is 1. The lowest BCUT2D eigenvalue weighted by Crippen LogP contribution is -2.36. The molecule has 2 heteroatoms. The molecule has 0 heterocycles. The van der Waals surface area contributed by atoms with Gasteiger partial charge in [-0.05, 0) is 66.9 Å². The highest BCUT2D eigenvalue weighted by molar-refractivity contribution is 5.62. The van der Waals surface area contributed by atoms with Crippen LogP contribution in [0.3, 0.4) is 0 Å². The van der Waals surface area contributed by atoms with E-state index in [1.54, 1.807) is 6.07 Å². The molecule has 0 bridgehead atoms. The molecule has 1 fully saturated rings. The molecule has 2 N–H and O–H groups in total. The Balaban J connectivity index is 1.78. The number of fused-ring (bicyclic) bond motifs is 3. The van der Waals surface area contributed by atoms with Crippen LogP contribution in [-0.4, -0.2) is 16.3 Å². The maximum Gasteiger partial charge on any atom is 0.115 e. The predicted octanol–water partition coefficient (Wildman–Crippen LogP) is 3.83. The molecule has 3 atom stereocenters. The third-order valence-electron chi connectivity index (χ3n) is 6.01. The van der Waals surface area contributed by atoms with E-state index in [1.165, 1.54) is 22.3 Å². The fourth-order valence-corrected chi connectivity index (χ4v) is 4.62. The normalized spacial score (nSPS) is 34.2. The van der Waals surface area contributed by atoms with E-state index >= 15 is 0 Å². The predicted molar refractivity (Wildman–Crippen MR) is 83.9 cm³/mol. The topological polar surface area (TPSA) is 40.5 Å². The molecule has 2 nitrogen and oxygen atoms in total. The molecule has 0 saturated heterocycles. The van der Waals surface area contributed by atoms with Gasteiger partial charge in [0, 0.05) is 5.41 Å². The maximum absolute atomic E-state index is 10.4. The van der Waals surface area contributed by atoms with Crippen molar-refractivity contribution >= 4 is 6.08 Å². The summed E-state index contributed by atoms with van der Waals surface area (Å²) in [5, 5.41) is 20.1. The standard InChI is InChI=1S/C19H22O2/c1-19-9-8-13-10-14-11-15(20)4-2-12(14)3-5-16(13)17(19)6-7-18(19)21/h2-5,11,17-18,20-21H,6-10H2,1H3/t17-,18-,19-/m0/s1. The van der Waals surface area contributed by atoms with Gasteiger partial charge in [0.15, 0.2) is 0 Å². The Labute approximate surface area is 125 Å². The third-order valence-corrected chi connectivity index (χ3v) is 6.01. The van der Waals surface area contributed by atoms with Crippen molar-refractivity contribution in [3.8, 4) is 5.75 Å². The number of phenols is 1. The van der Waals surface area contributed by atoms with E-state index in [4.69, 9.17) is 0 Å². The van der Waals surface area contributed by atoms with E-state index in [0.29, 0.717) is 11.7 Å². The fraction of sp³-hybridized carbons (Fsp3) is 0.474. The van der Waals surface area contributed by atoms with Crippen LogP contribution >= 0.6 is 0 Å². The summed E-state index contributed by atoms with van der Waals surface area (Å²) in [5.74, 6) is 0.846. The minimum absolute atomic E-state index is 0.0574. The number of benzene rings is 1. The summed E-state index contributed by atoms with van der Waals surface area (Å²) in [7, 11) is 0. The molecule has 0 aliphatic heterocycles. The van der Waals surface area contributed by atoms with E-state index in [0.717, 1.165) is 32.1 Å². The molecule has 4 rings (SSSR count). The van der Waals surface area contributed by atoms with E-state index in [9.17, 15) is 10.2 Å². The monoisotopic (exact) mass is 282 g/mol. The van der Waals surface area contributed by atoms with Gasteiger partial charge in [-0.2, -0.15) is 0 Å². The van der Waals surface area contributed by atoms with Crippen molar-refractivity contribution in [1.82, 2.24) is 0 Å². The van der Waals surface area contributed by atoms with Crippen molar-refractivity contribution in [1.29, 1.82) is 0 Å². The zero-order valence-electron chi connectivity index (χ0n) is 12.5. The molecular weight excluding hydrogens is 260 g/mol. The van der Waals surface area contributed by atoms with Crippen molar-refractivity contribution < 1.29 is 10.2 Å². The Bertz CT molecular complexity index is 656. The number of hydrogen-bond donors (Lipinski definition) is 2. The van der Waals surface area contributed by atoms with Crippen LogP contribution in [0.2, 0.25) is 0 Å². The Morgan fingerprint density at radius 2 is 2.05 bits per heavy atom. The molecule has 1 aromatic rings. The van der Waals surface area contributed by atoms with Crippen LogP contribution < -0.4 is 0 Å². The Hall–Kier alpha value is -1.54.